The SMILES string of the molecule is COc1ccc(S(=O)(=O)N2CC[NH+](CC=Cc3ccccc3)CC2)cc1C. The van der Waals surface area contributed by atoms with Gasteiger partial charge in [-0.2, -0.15) is 4.31 Å². The topological polar surface area (TPSA) is 51.1 Å². The summed E-state index contributed by atoms with van der Waals surface area (Å²) in [5.74, 6) is 0.702. The number of quaternary nitrogens is 1. The molecule has 144 valence electrons. The molecule has 2 aromatic rings. The van der Waals surface area contributed by atoms with E-state index in [1.54, 1.807) is 29.6 Å². The zero-order valence-electron chi connectivity index (χ0n) is 15.9. The molecule has 0 unspecified atom stereocenters. The summed E-state index contributed by atoms with van der Waals surface area (Å²) in [5, 5.41) is 0. The average Bonchev–Trinajstić information content (AvgIpc) is 2.69. The van der Waals surface area contributed by atoms with Crippen LogP contribution < -0.4 is 9.64 Å². The molecule has 0 radical (unpaired) electrons. The zero-order chi connectivity index (χ0) is 19.3. The van der Waals surface area contributed by atoms with Crippen molar-refractivity contribution in [1.82, 2.24) is 4.31 Å². The number of ether oxygens (including phenoxy) is 1. The molecule has 6 heteroatoms. The maximum Gasteiger partial charge on any atom is 0.243 e. The molecule has 0 atom stereocenters. The van der Waals surface area contributed by atoms with E-state index in [1.165, 1.54) is 10.5 Å². The van der Waals surface area contributed by atoms with Crippen LogP contribution in [-0.4, -0.2) is 52.6 Å². The van der Waals surface area contributed by atoms with E-state index in [9.17, 15) is 8.42 Å². The molecule has 0 aliphatic carbocycles. The number of nitrogens with zero attached hydrogens (tertiary/aromatic N) is 1. The highest BCUT2D eigenvalue weighted by Gasteiger charge is 2.30. The molecule has 1 aliphatic heterocycles. The Hall–Kier alpha value is -2.15. The van der Waals surface area contributed by atoms with Gasteiger partial charge in [0.05, 0.1) is 44.7 Å². The highest BCUT2D eigenvalue weighted by molar-refractivity contribution is 7.89. The predicted molar refractivity (Wildman–Crippen MR) is 108 cm³/mol. The first-order valence-corrected chi connectivity index (χ1v) is 10.6. The van der Waals surface area contributed by atoms with E-state index in [0.717, 1.165) is 25.2 Å². The van der Waals surface area contributed by atoms with Gasteiger partial charge in [-0.15, -0.1) is 0 Å². The van der Waals surface area contributed by atoms with Crippen LogP contribution in [0.4, 0.5) is 0 Å². The Kier molecular flexibility index (Phi) is 6.31. The Morgan fingerprint density at radius 2 is 1.81 bits per heavy atom. The fraction of sp³-hybridized carbons (Fsp3) is 0.333. The minimum atomic E-state index is -3.45. The zero-order valence-corrected chi connectivity index (χ0v) is 16.7. The van der Waals surface area contributed by atoms with Gasteiger partial charge >= 0.3 is 0 Å². The molecule has 3 rings (SSSR count). The monoisotopic (exact) mass is 387 g/mol. The van der Waals surface area contributed by atoms with E-state index in [-0.39, 0.29) is 0 Å². The van der Waals surface area contributed by atoms with Gasteiger partial charge in [-0.3, -0.25) is 0 Å². The number of aryl methyl sites for hydroxylation is 1. The standard InChI is InChI=1S/C21H26N2O3S/c1-18-17-20(10-11-21(18)26-2)27(24,25)23-15-13-22(14-16-23)12-6-9-19-7-4-3-5-8-19/h3-11,17H,12-16H2,1-2H3/p+1. The van der Waals surface area contributed by atoms with Crippen LogP contribution in [0.5, 0.6) is 5.75 Å². The van der Waals surface area contributed by atoms with Crippen molar-refractivity contribution in [2.45, 2.75) is 11.8 Å². The lowest BCUT2D eigenvalue weighted by atomic mass is 10.2. The van der Waals surface area contributed by atoms with E-state index in [4.69, 9.17) is 4.74 Å². The van der Waals surface area contributed by atoms with Crippen molar-refractivity contribution in [2.24, 2.45) is 0 Å². The van der Waals surface area contributed by atoms with Gasteiger partial charge in [0.2, 0.25) is 10.0 Å². The second-order valence-electron chi connectivity index (χ2n) is 6.80. The lowest BCUT2D eigenvalue weighted by Crippen LogP contribution is -3.14. The Morgan fingerprint density at radius 1 is 1.11 bits per heavy atom. The summed E-state index contributed by atoms with van der Waals surface area (Å²) in [7, 11) is -1.86. The number of hydrogen-bond donors (Lipinski definition) is 1. The Balaban J connectivity index is 1.58. The highest BCUT2D eigenvalue weighted by Crippen LogP contribution is 2.23. The molecule has 1 N–H and O–H groups in total. The Labute approximate surface area is 161 Å². The summed E-state index contributed by atoms with van der Waals surface area (Å²) >= 11 is 0. The second-order valence-corrected chi connectivity index (χ2v) is 8.74. The average molecular weight is 388 g/mol. The number of sulfonamides is 1. The Morgan fingerprint density at radius 3 is 2.44 bits per heavy atom. The van der Waals surface area contributed by atoms with Gasteiger partial charge in [-0.1, -0.05) is 36.4 Å². The van der Waals surface area contributed by atoms with Crippen molar-refractivity contribution in [3.05, 3.63) is 65.7 Å². The van der Waals surface area contributed by atoms with E-state index in [0.29, 0.717) is 23.7 Å². The van der Waals surface area contributed by atoms with Crippen LogP contribution in [0.3, 0.4) is 0 Å². The number of nitrogens with one attached hydrogen (secondary N) is 1. The number of methoxy groups -OCH3 is 1. The number of rotatable bonds is 6. The van der Waals surface area contributed by atoms with Crippen LogP contribution in [0.25, 0.3) is 6.08 Å². The summed E-state index contributed by atoms with van der Waals surface area (Å²) in [5.41, 5.74) is 2.02. The van der Waals surface area contributed by atoms with Gasteiger partial charge in [0.1, 0.15) is 5.75 Å². The minimum Gasteiger partial charge on any atom is -0.496 e. The van der Waals surface area contributed by atoms with Crippen molar-refractivity contribution >= 4 is 16.1 Å². The van der Waals surface area contributed by atoms with Gasteiger partial charge in [-0.25, -0.2) is 8.42 Å². The predicted octanol–water partition coefficient (Wildman–Crippen LogP) is 1.61. The lowest BCUT2D eigenvalue weighted by Gasteiger charge is -2.31. The molecule has 1 saturated heterocycles. The molecule has 0 amide bonds. The third-order valence-electron chi connectivity index (χ3n) is 4.95. The fourth-order valence-corrected chi connectivity index (χ4v) is 4.86. The molecule has 1 heterocycles. The maximum atomic E-state index is 12.9. The first kappa shape index (κ1) is 19.6. The van der Waals surface area contributed by atoms with Crippen LogP contribution in [0, 0.1) is 6.92 Å². The second kappa shape index (κ2) is 8.69. The molecule has 2 aromatic carbocycles. The number of benzene rings is 2. The molecular formula is C21H27N2O3S+. The van der Waals surface area contributed by atoms with Crippen LogP contribution in [0.1, 0.15) is 11.1 Å². The Bertz CT molecular complexity index is 887. The highest BCUT2D eigenvalue weighted by atomic mass is 32.2. The molecule has 0 aromatic heterocycles. The maximum absolute atomic E-state index is 12.9. The third kappa shape index (κ3) is 4.77. The largest absolute Gasteiger partial charge is 0.496 e. The van der Waals surface area contributed by atoms with Crippen molar-refractivity contribution in [2.75, 3.05) is 39.8 Å². The van der Waals surface area contributed by atoms with Crippen LogP contribution in [0.15, 0.2) is 59.5 Å². The molecule has 1 aliphatic rings. The van der Waals surface area contributed by atoms with Gasteiger partial charge in [0.15, 0.2) is 0 Å². The molecule has 0 spiro atoms. The quantitative estimate of drug-likeness (QED) is 0.819. The van der Waals surface area contributed by atoms with Crippen molar-refractivity contribution in [1.29, 1.82) is 0 Å². The van der Waals surface area contributed by atoms with Crippen molar-refractivity contribution < 1.29 is 18.1 Å². The summed E-state index contributed by atoms with van der Waals surface area (Å²) in [4.78, 5) is 1.74. The smallest absolute Gasteiger partial charge is 0.243 e. The normalized spacial score (nSPS) is 16.7. The van der Waals surface area contributed by atoms with E-state index >= 15 is 0 Å². The summed E-state index contributed by atoms with van der Waals surface area (Å²) in [6.07, 6.45) is 4.29. The van der Waals surface area contributed by atoms with Gasteiger partial charge in [0, 0.05) is 0 Å². The first-order chi connectivity index (χ1) is 13.0. The summed E-state index contributed by atoms with van der Waals surface area (Å²) < 4.78 is 32.6. The minimum absolute atomic E-state index is 0.341. The number of hydrogen-bond acceptors (Lipinski definition) is 3. The molecular weight excluding hydrogens is 360 g/mol. The molecule has 5 nitrogen and oxygen atoms in total. The van der Waals surface area contributed by atoms with E-state index in [1.807, 2.05) is 25.1 Å². The van der Waals surface area contributed by atoms with Gasteiger partial charge < -0.3 is 9.64 Å². The number of piperazine rings is 1. The van der Waals surface area contributed by atoms with Gasteiger partial charge in [-0.05, 0) is 42.3 Å². The molecule has 1 fully saturated rings. The van der Waals surface area contributed by atoms with Gasteiger partial charge in [0.25, 0.3) is 0 Å². The van der Waals surface area contributed by atoms with E-state index in [2.05, 4.69) is 24.3 Å². The van der Waals surface area contributed by atoms with Crippen molar-refractivity contribution in [3.63, 3.8) is 0 Å². The van der Waals surface area contributed by atoms with Crippen LogP contribution in [0.2, 0.25) is 0 Å². The fourth-order valence-electron chi connectivity index (χ4n) is 3.33. The molecule has 27 heavy (non-hydrogen) atoms. The van der Waals surface area contributed by atoms with Crippen LogP contribution >= 0.6 is 0 Å². The summed E-state index contributed by atoms with van der Waals surface area (Å²) in [6.45, 7) is 5.48. The van der Waals surface area contributed by atoms with Crippen LogP contribution in [-0.2, 0) is 10.0 Å². The first-order valence-electron chi connectivity index (χ1n) is 9.20. The summed E-state index contributed by atoms with van der Waals surface area (Å²) in [6, 6.07) is 15.2. The van der Waals surface area contributed by atoms with E-state index < -0.39 is 10.0 Å². The third-order valence-corrected chi connectivity index (χ3v) is 6.84. The molecule has 0 bridgehead atoms. The molecule has 0 saturated carbocycles. The van der Waals surface area contributed by atoms with Crippen molar-refractivity contribution in [3.8, 4) is 5.75 Å². The lowest BCUT2D eigenvalue weighted by molar-refractivity contribution is -0.897.